The van der Waals surface area contributed by atoms with E-state index in [9.17, 15) is 0 Å². The van der Waals surface area contributed by atoms with Crippen molar-refractivity contribution < 1.29 is 0 Å². The fourth-order valence-corrected chi connectivity index (χ4v) is 5.20. The monoisotopic (exact) mass is 300 g/mol. The van der Waals surface area contributed by atoms with Crippen LogP contribution >= 0.6 is 27.1 Å². The molecule has 0 radical (unpaired) electrons. The molecule has 2 rings (SSSR count). The molecule has 2 nitrogen and oxygen atoms in total. The van der Waals surface area contributed by atoms with E-state index >= 15 is 0 Å². The molecule has 0 atom stereocenters. The lowest BCUT2D eigenvalue weighted by Crippen LogP contribution is -2.23. The Morgan fingerprint density at radius 3 is 2.80 bits per heavy atom. The smallest absolute Gasteiger partial charge is 0.160 e. The van der Waals surface area contributed by atoms with Crippen LogP contribution in [0.15, 0.2) is 29.4 Å². The number of halogens is 1. The van der Waals surface area contributed by atoms with Crippen LogP contribution in [-0.2, 0) is 0 Å². The van der Waals surface area contributed by atoms with Gasteiger partial charge < -0.3 is 4.98 Å². The van der Waals surface area contributed by atoms with Gasteiger partial charge in [-0.2, -0.15) is 0 Å². The molecule has 0 aliphatic heterocycles. The van der Waals surface area contributed by atoms with Crippen LogP contribution < -0.4 is 0 Å². The lowest BCUT2D eigenvalue weighted by atomic mass is 10.3. The number of fused-ring (bicyclic) bond motifs is 1. The summed E-state index contributed by atoms with van der Waals surface area (Å²) < 4.78 is 0. The maximum atomic E-state index is 4.57. The Kier molecular flexibility index (Phi) is 3.23. The summed E-state index contributed by atoms with van der Waals surface area (Å²) in [6.07, 6.45) is 0. The minimum atomic E-state index is -1.24. The zero-order chi connectivity index (χ0) is 10.9. The number of alkyl halides is 1. The molecule has 0 spiro atoms. The third kappa shape index (κ3) is 2.65. The zero-order valence-electron chi connectivity index (χ0n) is 8.75. The second-order valence-corrected chi connectivity index (χ2v) is 14.0. The van der Waals surface area contributed by atoms with Crippen molar-refractivity contribution in [1.29, 1.82) is 0 Å². The summed E-state index contributed by atoms with van der Waals surface area (Å²) in [5.74, 6) is 0. The normalized spacial score (nSPS) is 12.2. The van der Waals surface area contributed by atoms with Crippen molar-refractivity contribution in [3.05, 3.63) is 24.3 Å². The fraction of sp³-hybridized carbons (Fsp3) is 0.300. The summed E-state index contributed by atoms with van der Waals surface area (Å²) in [7, 11) is -1.24. The predicted octanol–water partition coefficient (Wildman–Crippen LogP) is 3.79. The van der Waals surface area contributed by atoms with Crippen LogP contribution in [0.1, 0.15) is 0 Å². The van der Waals surface area contributed by atoms with Gasteiger partial charge in [-0.05, 0) is 12.1 Å². The van der Waals surface area contributed by atoms with Gasteiger partial charge in [0.15, 0.2) is 5.16 Å². The first-order valence-electron chi connectivity index (χ1n) is 4.80. The number of hydrogen-bond donors (Lipinski definition) is 1. The molecule has 1 N–H and O–H groups in total. The van der Waals surface area contributed by atoms with Crippen LogP contribution in [0.25, 0.3) is 11.0 Å². The lowest BCUT2D eigenvalue weighted by Gasteiger charge is -2.15. The number of nitrogens with zero attached hydrogens (tertiary/aromatic N) is 1. The predicted molar refractivity (Wildman–Crippen MR) is 73.2 cm³/mol. The minimum absolute atomic E-state index is 1.05. The van der Waals surface area contributed by atoms with E-state index < -0.39 is 7.22 Å². The lowest BCUT2D eigenvalue weighted by molar-refractivity contribution is 1.09. The standard InChI is InChI=1S/C10H13BrN2SSi/c1-15(2,7-11)14-10-12-8-5-3-4-6-9(8)13-10/h3-6H,7H2,1-2H3,(H,12,13). The Hall–Kier alpha value is -0.263. The average molecular weight is 301 g/mol. The first-order chi connectivity index (χ1) is 7.11. The van der Waals surface area contributed by atoms with Crippen LogP contribution in [0.4, 0.5) is 0 Å². The van der Waals surface area contributed by atoms with E-state index in [1.54, 1.807) is 0 Å². The van der Waals surface area contributed by atoms with Gasteiger partial charge in [0.05, 0.1) is 11.0 Å². The first kappa shape index (κ1) is 11.2. The number of imidazole rings is 1. The summed E-state index contributed by atoms with van der Waals surface area (Å²) in [5.41, 5.74) is 2.18. The number of aromatic amines is 1. The highest BCUT2D eigenvalue weighted by molar-refractivity contribution is 9.10. The van der Waals surface area contributed by atoms with Crippen molar-refractivity contribution in [2.24, 2.45) is 0 Å². The van der Waals surface area contributed by atoms with Gasteiger partial charge >= 0.3 is 0 Å². The molecule has 0 saturated heterocycles. The third-order valence-corrected chi connectivity index (χ3v) is 11.6. The molecule has 1 aromatic carbocycles. The van der Waals surface area contributed by atoms with E-state index in [4.69, 9.17) is 0 Å². The van der Waals surface area contributed by atoms with Gasteiger partial charge in [-0.25, -0.2) is 4.98 Å². The molecule has 0 saturated carbocycles. The van der Waals surface area contributed by atoms with E-state index in [-0.39, 0.29) is 0 Å². The Morgan fingerprint density at radius 1 is 1.40 bits per heavy atom. The van der Waals surface area contributed by atoms with Gasteiger partial charge in [0.1, 0.15) is 7.22 Å². The number of benzene rings is 1. The maximum Gasteiger partial charge on any atom is 0.160 e. The highest BCUT2D eigenvalue weighted by atomic mass is 79.9. The quantitative estimate of drug-likeness (QED) is 0.690. The highest BCUT2D eigenvalue weighted by Crippen LogP contribution is 2.29. The molecule has 0 amide bonds. The largest absolute Gasteiger partial charge is 0.333 e. The van der Waals surface area contributed by atoms with Gasteiger partial charge in [-0.15, -0.1) is 11.2 Å². The molecule has 80 valence electrons. The van der Waals surface area contributed by atoms with Gasteiger partial charge in [0, 0.05) is 4.95 Å². The summed E-state index contributed by atoms with van der Waals surface area (Å²) in [6, 6.07) is 8.15. The molecule has 0 fully saturated rings. The molecule has 1 heterocycles. The van der Waals surface area contributed by atoms with Crippen molar-refractivity contribution in [2.75, 3.05) is 4.95 Å². The number of para-hydroxylation sites is 2. The SMILES string of the molecule is C[Si](C)(CBr)Sc1nc2ccccc2[nH]1. The molecule has 0 aliphatic carbocycles. The van der Waals surface area contributed by atoms with E-state index in [1.807, 2.05) is 29.4 Å². The van der Waals surface area contributed by atoms with Crippen molar-refractivity contribution >= 4 is 45.4 Å². The Labute approximate surface area is 103 Å². The van der Waals surface area contributed by atoms with E-state index in [2.05, 4.69) is 45.1 Å². The summed E-state index contributed by atoms with van der Waals surface area (Å²) in [5, 5.41) is 1.05. The summed E-state index contributed by atoms with van der Waals surface area (Å²) in [4.78, 5) is 9.00. The van der Waals surface area contributed by atoms with Gasteiger partial charge in [0.2, 0.25) is 0 Å². The molecular formula is C10H13BrN2SSi. The minimum Gasteiger partial charge on any atom is -0.333 e. The van der Waals surface area contributed by atoms with Crippen LogP contribution in [0.2, 0.25) is 13.1 Å². The van der Waals surface area contributed by atoms with Crippen LogP contribution in [0.5, 0.6) is 0 Å². The van der Waals surface area contributed by atoms with Crippen LogP contribution in [-0.4, -0.2) is 22.1 Å². The summed E-state index contributed by atoms with van der Waals surface area (Å²) in [6.45, 7) is 4.67. The number of H-pyrrole nitrogens is 1. The van der Waals surface area contributed by atoms with Crippen LogP contribution in [0, 0.1) is 0 Å². The van der Waals surface area contributed by atoms with Crippen molar-refractivity contribution in [3.8, 4) is 0 Å². The zero-order valence-corrected chi connectivity index (χ0v) is 12.2. The fourth-order valence-electron chi connectivity index (χ4n) is 1.27. The molecule has 1 aromatic heterocycles. The molecule has 0 aliphatic rings. The Balaban J connectivity index is 2.30. The molecule has 0 unspecified atom stereocenters. The number of hydrogen-bond acceptors (Lipinski definition) is 2. The maximum absolute atomic E-state index is 4.57. The number of rotatable bonds is 3. The Bertz CT molecular complexity index is 436. The second kappa shape index (κ2) is 4.31. The van der Waals surface area contributed by atoms with Crippen LogP contribution in [0.3, 0.4) is 0 Å². The van der Waals surface area contributed by atoms with Crippen molar-refractivity contribution in [3.63, 3.8) is 0 Å². The molecule has 5 heteroatoms. The number of nitrogens with one attached hydrogen (secondary N) is 1. The first-order valence-corrected chi connectivity index (χ1v) is 10.7. The Morgan fingerprint density at radius 2 is 2.13 bits per heavy atom. The van der Waals surface area contributed by atoms with Gasteiger partial charge in [0.25, 0.3) is 0 Å². The molecule has 15 heavy (non-hydrogen) atoms. The summed E-state index contributed by atoms with van der Waals surface area (Å²) >= 11 is 5.47. The average Bonchev–Trinajstić information content (AvgIpc) is 2.58. The van der Waals surface area contributed by atoms with Gasteiger partial charge in [-0.1, -0.05) is 41.2 Å². The molecule has 0 bridgehead atoms. The second-order valence-electron chi connectivity index (χ2n) is 4.05. The van der Waals surface area contributed by atoms with Gasteiger partial charge in [-0.3, -0.25) is 0 Å². The highest BCUT2D eigenvalue weighted by Gasteiger charge is 2.22. The van der Waals surface area contributed by atoms with E-state index in [0.29, 0.717) is 0 Å². The number of aromatic nitrogens is 2. The van der Waals surface area contributed by atoms with Crippen molar-refractivity contribution in [1.82, 2.24) is 9.97 Å². The van der Waals surface area contributed by atoms with E-state index in [1.165, 1.54) is 0 Å². The third-order valence-electron chi connectivity index (χ3n) is 2.06. The molecular weight excluding hydrogens is 288 g/mol. The van der Waals surface area contributed by atoms with Crippen molar-refractivity contribution in [2.45, 2.75) is 18.3 Å². The molecule has 2 aromatic rings. The topological polar surface area (TPSA) is 28.7 Å². The van der Waals surface area contributed by atoms with E-state index in [0.717, 1.165) is 21.1 Å².